The summed E-state index contributed by atoms with van der Waals surface area (Å²) < 4.78 is 0.805. The van der Waals surface area contributed by atoms with Crippen molar-refractivity contribution in [1.82, 2.24) is 4.90 Å². The third-order valence-corrected chi connectivity index (χ3v) is 5.01. The molecule has 0 atom stereocenters. The normalized spacial score (nSPS) is 13.7. The van der Waals surface area contributed by atoms with Gasteiger partial charge < -0.3 is 9.80 Å². The van der Waals surface area contributed by atoms with Crippen LogP contribution in [0.4, 0.5) is 5.69 Å². The number of nitrogens with zero attached hydrogens (tertiary/aromatic N) is 3. The number of carbonyl (C=O) groups is 1. The average molecular weight is 333 g/mol. The number of likely N-dealkylation sites (tertiary alicyclic amines) is 1. The number of carbonyl (C=O) groups excluding carboxylic acids is 1. The van der Waals surface area contributed by atoms with Gasteiger partial charge in [0.2, 0.25) is 5.91 Å². The molecule has 0 aromatic heterocycles. The van der Waals surface area contributed by atoms with E-state index in [0.29, 0.717) is 18.7 Å². The highest BCUT2D eigenvalue weighted by Gasteiger charge is 2.19. The van der Waals surface area contributed by atoms with Crippen molar-refractivity contribution in [1.29, 1.82) is 5.26 Å². The van der Waals surface area contributed by atoms with E-state index in [9.17, 15) is 4.79 Å². The van der Waals surface area contributed by atoms with Gasteiger partial charge in [-0.15, -0.1) is 0 Å². The second kappa shape index (κ2) is 8.76. The first-order valence-corrected chi connectivity index (χ1v) is 8.76. The lowest BCUT2D eigenvalue weighted by Crippen LogP contribution is -2.34. The van der Waals surface area contributed by atoms with Gasteiger partial charge in [0, 0.05) is 25.3 Å². The van der Waals surface area contributed by atoms with Gasteiger partial charge in [-0.3, -0.25) is 4.79 Å². The Morgan fingerprint density at radius 3 is 2.64 bits per heavy atom. The molecule has 0 bridgehead atoms. The smallest absolute Gasteiger partial charge is 0.237 e. The lowest BCUT2D eigenvalue weighted by atomic mass is 10.2. The van der Waals surface area contributed by atoms with Crippen LogP contribution in [0.5, 0.6) is 0 Å². The number of para-hydroxylation sites is 1. The van der Waals surface area contributed by atoms with Crippen LogP contribution >= 0.6 is 24.0 Å². The van der Waals surface area contributed by atoms with E-state index in [2.05, 4.69) is 11.0 Å². The Balaban J connectivity index is 1.94. The van der Waals surface area contributed by atoms with Crippen LogP contribution in [0, 0.1) is 11.3 Å². The predicted octanol–water partition coefficient (Wildman–Crippen LogP) is 3.05. The molecule has 1 saturated heterocycles. The molecule has 1 aromatic rings. The third kappa shape index (κ3) is 4.72. The molecular formula is C16H19N3OS2. The minimum Gasteiger partial charge on any atom is -0.358 e. The highest BCUT2D eigenvalue weighted by molar-refractivity contribution is 8.23. The SMILES string of the molecule is N#CCCN(C(=O)CSC(=S)N1CCCC1)c1ccccc1. The summed E-state index contributed by atoms with van der Waals surface area (Å²) >= 11 is 6.81. The van der Waals surface area contributed by atoms with Crippen molar-refractivity contribution in [3.63, 3.8) is 0 Å². The number of hydrogen-bond donors (Lipinski definition) is 0. The summed E-state index contributed by atoms with van der Waals surface area (Å²) in [5.41, 5.74) is 0.829. The van der Waals surface area contributed by atoms with Crippen LogP contribution in [-0.2, 0) is 4.79 Å². The molecule has 2 rings (SSSR count). The van der Waals surface area contributed by atoms with Crippen LogP contribution in [0.1, 0.15) is 19.3 Å². The number of nitriles is 1. The summed E-state index contributed by atoms with van der Waals surface area (Å²) in [6.45, 7) is 2.41. The first-order valence-electron chi connectivity index (χ1n) is 7.36. The Bertz CT molecular complexity index is 550. The summed E-state index contributed by atoms with van der Waals surface area (Å²) in [4.78, 5) is 16.3. The van der Waals surface area contributed by atoms with E-state index in [4.69, 9.17) is 17.5 Å². The maximum atomic E-state index is 12.5. The highest BCUT2D eigenvalue weighted by Crippen LogP contribution is 2.19. The standard InChI is InChI=1S/C16H19N3OS2/c17-9-6-12-19(14-7-2-1-3-8-14)15(20)13-22-16(21)18-10-4-5-11-18/h1-3,7-8H,4-6,10-13H2. The van der Waals surface area contributed by atoms with Gasteiger partial charge in [0.25, 0.3) is 0 Å². The molecule has 116 valence electrons. The van der Waals surface area contributed by atoms with Gasteiger partial charge in [0.15, 0.2) is 0 Å². The van der Waals surface area contributed by atoms with Crippen LogP contribution < -0.4 is 4.90 Å². The molecule has 0 aliphatic carbocycles. The summed E-state index contributed by atoms with van der Waals surface area (Å²) in [6, 6.07) is 11.6. The molecule has 0 unspecified atom stereocenters. The number of benzene rings is 1. The summed E-state index contributed by atoms with van der Waals surface area (Å²) in [7, 11) is 0. The number of anilines is 1. The first-order chi connectivity index (χ1) is 10.7. The molecule has 1 fully saturated rings. The Hall–Kier alpha value is -1.58. The van der Waals surface area contributed by atoms with Crippen molar-refractivity contribution >= 4 is 39.9 Å². The Morgan fingerprint density at radius 2 is 2.00 bits per heavy atom. The van der Waals surface area contributed by atoms with E-state index in [1.54, 1.807) is 4.90 Å². The van der Waals surface area contributed by atoms with E-state index < -0.39 is 0 Å². The third-order valence-electron chi connectivity index (χ3n) is 3.50. The summed E-state index contributed by atoms with van der Waals surface area (Å²) in [5, 5.41) is 8.78. The Labute approximate surface area is 141 Å². The minimum absolute atomic E-state index is 0.00648. The van der Waals surface area contributed by atoms with E-state index in [-0.39, 0.29) is 5.91 Å². The fourth-order valence-electron chi connectivity index (χ4n) is 2.36. The van der Waals surface area contributed by atoms with E-state index in [0.717, 1.165) is 23.1 Å². The van der Waals surface area contributed by atoms with Crippen molar-refractivity contribution in [3.05, 3.63) is 30.3 Å². The zero-order valence-corrected chi connectivity index (χ0v) is 14.0. The zero-order chi connectivity index (χ0) is 15.8. The lowest BCUT2D eigenvalue weighted by Gasteiger charge is -2.23. The van der Waals surface area contributed by atoms with Crippen molar-refractivity contribution in [2.45, 2.75) is 19.3 Å². The zero-order valence-electron chi connectivity index (χ0n) is 12.4. The largest absolute Gasteiger partial charge is 0.358 e. The number of amides is 1. The molecule has 1 heterocycles. The molecule has 0 N–H and O–H groups in total. The fraction of sp³-hybridized carbons (Fsp3) is 0.438. The van der Waals surface area contributed by atoms with Gasteiger partial charge in [-0.05, 0) is 25.0 Å². The maximum Gasteiger partial charge on any atom is 0.237 e. The van der Waals surface area contributed by atoms with Crippen LogP contribution in [0.15, 0.2) is 30.3 Å². The van der Waals surface area contributed by atoms with Crippen molar-refractivity contribution in [3.8, 4) is 6.07 Å². The van der Waals surface area contributed by atoms with Gasteiger partial charge in [-0.1, -0.05) is 42.2 Å². The summed E-state index contributed by atoms with van der Waals surface area (Å²) in [5.74, 6) is 0.309. The molecule has 1 aliphatic rings. The molecule has 1 aliphatic heterocycles. The quantitative estimate of drug-likeness (QED) is 0.775. The van der Waals surface area contributed by atoms with Crippen LogP contribution in [0.25, 0.3) is 0 Å². The Morgan fingerprint density at radius 1 is 1.32 bits per heavy atom. The Kier molecular flexibility index (Phi) is 6.69. The van der Waals surface area contributed by atoms with E-state index in [1.807, 2.05) is 30.3 Å². The molecule has 0 spiro atoms. The second-order valence-electron chi connectivity index (χ2n) is 5.04. The number of rotatable bonds is 5. The average Bonchev–Trinajstić information content (AvgIpc) is 3.08. The second-order valence-corrected chi connectivity index (χ2v) is 6.65. The molecule has 1 aromatic carbocycles. The van der Waals surface area contributed by atoms with E-state index >= 15 is 0 Å². The maximum absolute atomic E-state index is 12.5. The van der Waals surface area contributed by atoms with Gasteiger partial charge in [0.05, 0.1) is 18.2 Å². The fourth-order valence-corrected chi connectivity index (χ4v) is 3.49. The molecular weight excluding hydrogens is 314 g/mol. The monoisotopic (exact) mass is 333 g/mol. The predicted molar refractivity (Wildman–Crippen MR) is 94.9 cm³/mol. The molecule has 4 nitrogen and oxygen atoms in total. The topological polar surface area (TPSA) is 47.3 Å². The summed E-state index contributed by atoms with van der Waals surface area (Å²) in [6.07, 6.45) is 2.67. The molecule has 0 radical (unpaired) electrons. The van der Waals surface area contributed by atoms with E-state index in [1.165, 1.54) is 24.6 Å². The van der Waals surface area contributed by atoms with Crippen LogP contribution in [0.2, 0.25) is 0 Å². The highest BCUT2D eigenvalue weighted by atomic mass is 32.2. The molecule has 22 heavy (non-hydrogen) atoms. The van der Waals surface area contributed by atoms with Gasteiger partial charge in [0.1, 0.15) is 4.32 Å². The first kappa shape index (κ1) is 16.8. The minimum atomic E-state index is -0.00648. The lowest BCUT2D eigenvalue weighted by molar-refractivity contribution is -0.116. The van der Waals surface area contributed by atoms with Crippen LogP contribution in [-0.4, -0.2) is 40.5 Å². The van der Waals surface area contributed by atoms with Crippen molar-refractivity contribution in [2.75, 3.05) is 30.3 Å². The number of thioether (sulfide) groups is 1. The molecule has 0 saturated carbocycles. The van der Waals surface area contributed by atoms with Gasteiger partial charge in [-0.2, -0.15) is 5.26 Å². The van der Waals surface area contributed by atoms with Crippen molar-refractivity contribution in [2.24, 2.45) is 0 Å². The molecule has 6 heteroatoms. The number of hydrogen-bond acceptors (Lipinski definition) is 4. The van der Waals surface area contributed by atoms with Crippen LogP contribution in [0.3, 0.4) is 0 Å². The van der Waals surface area contributed by atoms with Gasteiger partial charge >= 0.3 is 0 Å². The van der Waals surface area contributed by atoms with Gasteiger partial charge in [-0.25, -0.2) is 0 Å². The molecule has 1 amide bonds. The number of thiocarbonyl (C=S) groups is 1. The van der Waals surface area contributed by atoms with Crippen molar-refractivity contribution < 1.29 is 4.79 Å².